The number of rotatable bonds is 5. The van der Waals surface area contributed by atoms with Crippen LogP contribution in [-0.2, 0) is 15.0 Å². The van der Waals surface area contributed by atoms with Gasteiger partial charge in [0.15, 0.2) is 5.82 Å². The summed E-state index contributed by atoms with van der Waals surface area (Å²) in [5.41, 5.74) is 0.150. The molecule has 1 fully saturated rings. The molecule has 0 saturated heterocycles. The topological polar surface area (TPSA) is 99.4 Å². The lowest BCUT2D eigenvalue weighted by Crippen LogP contribution is -2.50. The number of para-hydroxylation sites is 1. The first-order valence-corrected chi connectivity index (χ1v) is 9.42. The zero-order chi connectivity index (χ0) is 20.1. The number of carbonyl (C=O) groups excluding carboxylic acids is 2. The summed E-state index contributed by atoms with van der Waals surface area (Å²) >= 11 is 0. The van der Waals surface area contributed by atoms with Gasteiger partial charge in [-0.1, -0.05) is 31.4 Å². The van der Waals surface area contributed by atoms with Gasteiger partial charge >= 0.3 is 12.1 Å². The number of aromatic nitrogens is 4. The summed E-state index contributed by atoms with van der Waals surface area (Å²) in [4.78, 5) is 26.4. The largest absolute Gasteiger partial charge is 0.465 e. The first-order valence-electron chi connectivity index (χ1n) is 9.42. The van der Waals surface area contributed by atoms with E-state index in [1.54, 1.807) is 43.1 Å². The standard InChI is InChI=1S/C19H25N5O4/c1-4-28-18(26)23(2)19(12-8-5-9-13-19)17-20-21-22-24(17)15-11-7-6-10-14(15)16(25)27-3/h6-7,10-11H,4-5,8-9,12-13H2,1-3H3. The normalized spacial score (nSPS) is 15.7. The number of benzene rings is 1. The van der Waals surface area contributed by atoms with E-state index in [1.165, 1.54) is 11.8 Å². The minimum Gasteiger partial charge on any atom is -0.465 e. The third kappa shape index (κ3) is 3.44. The van der Waals surface area contributed by atoms with Crippen molar-refractivity contribution in [1.29, 1.82) is 0 Å². The highest BCUT2D eigenvalue weighted by atomic mass is 16.6. The van der Waals surface area contributed by atoms with Gasteiger partial charge in [0.1, 0.15) is 5.54 Å². The van der Waals surface area contributed by atoms with Crippen molar-refractivity contribution in [3.8, 4) is 5.69 Å². The molecule has 9 heteroatoms. The molecule has 1 aliphatic rings. The third-order valence-corrected chi connectivity index (χ3v) is 5.29. The van der Waals surface area contributed by atoms with Gasteiger partial charge in [0, 0.05) is 7.05 Å². The second-order valence-corrected chi connectivity index (χ2v) is 6.77. The number of tetrazole rings is 1. The van der Waals surface area contributed by atoms with E-state index in [-0.39, 0.29) is 6.61 Å². The van der Waals surface area contributed by atoms with Crippen molar-refractivity contribution in [2.24, 2.45) is 0 Å². The number of ether oxygens (including phenoxy) is 2. The van der Waals surface area contributed by atoms with E-state index >= 15 is 0 Å². The average Bonchev–Trinajstić information content (AvgIpc) is 3.23. The third-order valence-electron chi connectivity index (χ3n) is 5.29. The van der Waals surface area contributed by atoms with Crippen molar-refractivity contribution in [2.75, 3.05) is 20.8 Å². The second kappa shape index (κ2) is 8.37. The van der Waals surface area contributed by atoms with Gasteiger partial charge in [-0.05, 0) is 42.3 Å². The number of amides is 1. The Morgan fingerprint density at radius 3 is 2.61 bits per heavy atom. The van der Waals surface area contributed by atoms with Gasteiger partial charge in [0.05, 0.1) is 25.0 Å². The molecular formula is C19H25N5O4. The predicted octanol–water partition coefficient (Wildman–Crippen LogP) is 2.70. The molecule has 0 radical (unpaired) electrons. The molecule has 2 aromatic rings. The van der Waals surface area contributed by atoms with E-state index in [1.807, 2.05) is 0 Å². The number of methoxy groups -OCH3 is 1. The van der Waals surface area contributed by atoms with E-state index in [0.29, 0.717) is 29.9 Å². The first-order chi connectivity index (χ1) is 13.5. The number of esters is 1. The molecule has 1 aromatic heterocycles. The van der Waals surface area contributed by atoms with E-state index in [4.69, 9.17) is 9.47 Å². The van der Waals surface area contributed by atoms with Crippen LogP contribution in [-0.4, -0.2) is 57.9 Å². The average molecular weight is 387 g/mol. The Bertz CT molecular complexity index is 844. The van der Waals surface area contributed by atoms with Crippen molar-refractivity contribution in [3.63, 3.8) is 0 Å². The second-order valence-electron chi connectivity index (χ2n) is 6.77. The highest BCUT2D eigenvalue weighted by molar-refractivity contribution is 5.93. The van der Waals surface area contributed by atoms with Gasteiger partial charge in [-0.3, -0.25) is 4.90 Å². The fourth-order valence-corrected chi connectivity index (χ4v) is 3.82. The summed E-state index contributed by atoms with van der Waals surface area (Å²) in [7, 11) is 3.05. The smallest absolute Gasteiger partial charge is 0.410 e. The van der Waals surface area contributed by atoms with Gasteiger partial charge in [0.25, 0.3) is 0 Å². The Hall–Kier alpha value is -2.97. The molecule has 3 rings (SSSR count). The lowest BCUT2D eigenvalue weighted by molar-refractivity contribution is 0.0389. The first kappa shape index (κ1) is 19.8. The highest BCUT2D eigenvalue weighted by Crippen LogP contribution is 2.41. The minimum absolute atomic E-state index is 0.287. The molecule has 9 nitrogen and oxygen atoms in total. The monoisotopic (exact) mass is 387 g/mol. The number of hydrogen-bond acceptors (Lipinski definition) is 7. The van der Waals surface area contributed by atoms with E-state index in [0.717, 1.165) is 19.3 Å². The van der Waals surface area contributed by atoms with E-state index in [9.17, 15) is 9.59 Å². The maximum atomic E-state index is 12.6. The lowest BCUT2D eigenvalue weighted by atomic mass is 9.79. The van der Waals surface area contributed by atoms with Crippen LogP contribution in [0.1, 0.15) is 55.2 Å². The Morgan fingerprint density at radius 1 is 1.21 bits per heavy atom. The summed E-state index contributed by atoms with van der Waals surface area (Å²) < 4.78 is 11.7. The molecule has 1 heterocycles. The van der Waals surface area contributed by atoms with Crippen molar-refractivity contribution in [1.82, 2.24) is 25.1 Å². The van der Waals surface area contributed by atoms with Crippen LogP contribution in [0.4, 0.5) is 4.79 Å². The lowest BCUT2D eigenvalue weighted by Gasteiger charge is -2.42. The molecular weight excluding hydrogens is 362 g/mol. The molecule has 150 valence electrons. The quantitative estimate of drug-likeness (QED) is 0.727. The molecule has 1 aliphatic carbocycles. The Labute approximate surface area is 163 Å². The SMILES string of the molecule is CCOC(=O)N(C)C1(c2nnnn2-c2ccccc2C(=O)OC)CCCCC1. The van der Waals surface area contributed by atoms with Crippen LogP contribution in [0, 0.1) is 0 Å². The van der Waals surface area contributed by atoms with E-state index in [2.05, 4.69) is 15.5 Å². The molecule has 0 N–H and O–H groups in total. The maximum absolute atomic E-state index is 12.6. The van der Waals surface area contributed by atoms with Crippen molar-refractivity contribution < 1.29 is 19.1 Å². The van der Waals surface area contributed by atoms with E-state index < -0.39 is 17.6 Å². The summed E-state index contributed by atoms with van der Waals surface area (Å²) in [6, 6.07) is 6.97. The van der Waals surface area contributed by atoms with Gasteiger partial charge < -0.3 is 9.47 Å². The fraction of sp³-hybridized carbons (Fsp3) is 0.526. The van der Waals surface area contributed by atoms with Gasteiger partial charge in [0.2, 0.25) is 0 Å². The highest BCUT2D eigenvalue weighted by Gasteiger charge is 2.45. The molecule has 0 aliphatic heterocycles. The van der Waals surface area contributed by atoms with Crippen LogP contribution in [0.25, 0.3) is 5.69 Å². The Balaban J connectivity index is 2.12. The molecule has 0 spiro atoms. The predicted molar refractivity (Wildman–Crippen MR) is 100 cm³/mol. The molecule has 0 bridgehead atoms. The molecule has 0 atom stereocenters. The van der Waals surface area contributed by atoms with Crippen LogP contribution in [0.5, 0.6) is 0 Å². The van der Waals surface area contributed by atoms with Gasteiger partial charge in [-0.25, -0.2) is 9.59 Å². The maximum Gasteiger partial charge on any atom is 0.410 e. The van der Waals surface area contributed by atoms with Gasteiger partial charge in [-0.2, -0.15) is 4.68 Å². The zero-order valence-corrected chi connectivity index (χ0v) is 16.4. The Morgan fingerprint density at radius 2 is 1.93 bits per heavy atom. The summed E-state index contributed by atoms with van der Waals surface area (Å²) in [6.45, 7) is 2.06. The summed E-state index contributed by atoms with van der Waals surface area (Å²) in [5.74, 6) is 0.0348. The van der Waals surface area contributed by atoms with Crippen molar-refractivity contribution >= 4 is 12.1 Å². The molecule has 1 amide bonds. The molecule has 1 aromatic carbocycles. The summed E-state index contributed by atoms with van der Waals surface area (Å²) in [5, 5.41) is 12.3. The summed E-state index contributed by atoms with van der Waals surface area (Å²) in [6.07, 6.45) is 3.97. The van der Waals surface area contributed by atoms with Crippen LogP contribution >= 0.6 is 0 Å². The number of carbonyl (C=O) groups is 2. The minimum atomic E-state index is -0.711. The molecule has 28 heavy (non-hydrogen) atoms. The fourth-order valence-electron chi connectivity index (χ4n) is 3.82. The zero-order valence-electron chi connectivity index (χ0n) is 16.4. The van der Waals surface area contributed by atoms with Gasteiger partial charge in [-0.15, -0.1) is 5.10 Å². The van der Waals surface area contributed by atoms with Crippen molar-refractivity contribution in [3.05, 3.63) is 35.7 Å². The molecule has 0 unspecified atom stereocenters. The van der Waals surface area contributed by atoms with Crippen LogP contribution in [0.2, 0.25) is 0 Å². The van der Waals surface area contributed by atoms with Crippen LogP contribution < -0.4 is 0 Å². The van der Waals surface area contributed by atoms with Crippen LogP contribution in [0.3, 0.4) is 0 Å². The Kier molecular flexibility index (Phi) is 5.91. The molecule has 1 saturated carbocycles. The number of hydrogen-bond donors (Lipinski definition) is 0. The van der Waals surface area contributed by atoms with Crippen molar-refractivity contribution in [2.45, 2.75) is 44.6 Å². The number of nitrogens with zero attached hydrogens (tertiary/aromatic N) is 5. The van der Waals surface area contributed by atoms with Crippen LogP contribution in [0.15, 0.2) is 24.3 Å².